The molecule has 0 saturated carbocycles. The van der Waals surface area contributed by atoms with Crippen LogP contribution in [0.25, 0.3) is 0 Å². The predicted octanol–water partition coefficient (Wildman–Crippen LogP) is 3.62. The third-order valence-electron chi connectivity index (χ3n) is 5.30. The molecule has 0 bridgehead atoms. The summed E-state index contributed by atoms with van der Waals surface area (Å²) in [4.78, 5) is 12.1. The van der Waals surface area contributed by atoms with Crippen molar-refractivity contribution >= 4 is 15.9 Å². The lowest BCUT2D eigenvalue weighted by atomic mass is 9.97. The number of piperidine rings is 1. The van der Waals surface area contributed by atoms with Crippen LogP contribution >= 0.6 is 0 Å². The van der Waals surface area contributed by atoms with Crippen molar-refractivity contribution in [2.24, 2.45) is 5.92 Å². The second-order valence-electron chi connectivity index (χ2n) is 7.75. The molecule has 0 unspecified atom stereocenters. The molecule has 0 aromatic heterocycles. The van der Waals surface area contributed by atoms with Crippen LogP contribution in [0.5, 0.6) is 0 Å². The van der Waals surface area contributed by atoms with Crippen molar-refractivity contribution in [1.82, 2.24) is 9.62 Å². The van der Waals surface area contributed by atoms with Gasteiger partial charge in [-0.25, -0.2) is 12.8 Å². The van der Waals surface area contributed by atoms with Gasteiger partial charge in [-0.05, 0) is 36.1 Å². The molecule has 180 valence electrons. The number of alkyl halides is 3. The molecule has 1 fully saturated rings. The number of hydrogen-bond donors (Lipinski definition) is 1. The van der Waals surface area contributed by atoms with Gasteiger partial charge in [-0.2, -0.15) is 17.5 Å². The standard InChI is InChI=1S/C22H24F4N2O4S/c23-19-3-1-2-4-20(19)33(30,31)28-11-9-18(10-12-28)21(29)27-13-16-5-7-17(8-6-16)14-32-15-22(24,25)26/h1-8,18H,9-15H2,(H,27,29). The highest BCUT2D eigenvalue weighted by Gasteiger charge is 2.33. The quantitative estimate of drug-likeness (QED) is 0.576. The summed E-state index contributed by atoms with van der Waals surface area (Å²) in [5.74, 6) is -1.39. The van der Waals surface area contributed by atoms with Gasteiger partial charge >= 0.3 is 6.18 Å². The average molecular weight is 489 g/mol. The molecule has 1 aliphatic heterocycles. The summed E-state index contributed by atoms with van der Waals surface area (Å²) in [5.41, 5.74) is 1.35. The van der Waals surface area contributed by atoms with Crippen molar-refractivity contribution in [3.05, 3.63) is 65.5 Å². The van der Waals surface area contributed by atoms with Gasteiger partial charge in [0.05, 0.1) is 6.61 Å². The third-order valence-corrected chi connectivity index (χ3v) is 7.24. The summed E-state index contributed by atoms with van der Waals surface area (Å²) < 4.78 is 81.4. The van der Waals surface area contributed by atoms with Crippen LogP contribution in [0.3, 0.4) is 0 Å². The summed E-state index contributed by atoms with van der Waals surface area (Å²) in [7, 11) is -3.96. The topological polar surface area (TPSA) is 75.7 Å². The van der Waals surface area contributed by atoms with Crippen LogP contribution in [0.4, 0.5) is 17.6 Å². The second-order valence-corrected chi connectivity index (χ2v) is 9.66. The van der Waals surface area contributed by atoms with Crippen molar-refractivity contribution in [2.45, 2.75) is 37.1 Å². The molecule has 1 amide bonds. The third kappa shape index (κ3) is 6.99. The van der Waals surface area contributed by atoms with E-state index < -0.39 is 28.6 Å². The molecule has 2 aromatic rings. The molecule has 33 heavy (non-hydrogen) atoms. The molecule has 1 aliphatic rings. The maximum absolute atomic E-state index is 13.9. The van der Waals surface area contributed by atoms with Gasteiger partial charge in [0.25, 0.3) is 0 Å². The van der Waals surface area contributed by atoms with E-state index >= 15 is 0 Å². The van der Waals surface area contributed by atoms with E-state index in [0.717, 1.165) is 11.6 Å². The van der Waals surface area contributed by atoms with Crippen molar-refractivity contribution < 1.29 is 35.5 Å². The molecule has 0 radical (unpaired) electrons. The van der Waals surface area contributed by atoms with E-state index in [2.05, 4.69) is 10.1 Å². The number of benzene rings is 2. The summed E-state index contributed by atoms with van der Waals surface area (Å²) in [6.07, 6.45) is -3.74. The Morgan fingerprint density at radius 3 is 2.24 bits per heavy atom. The Labute approximate surface area is 189 Å². The normalized spacial score (nSPS) is 16.0. The van der Waals surface area contributed by atoms with Crippen LogP contribution in [-0.2, 0) is 32.7 Å². The van der Waals surface area contributed by atoms with Gasteiger partial charge < -0.3 is 10.1 Å². The Bertz CT molecular complexity index is 1050. The predicted molar refractivity (Wildman–Crippen MR) is 112 cm³/mol. The molecular weight excluding hydrogens is 464 g/mol. The highest BCUT2D eigenvalue weighted by atomic mass is 32.2. The van der Waals surface area contributed by atoms with Crippen LogP contribution in [-0.4, -0.2) is 44.5 Å². The largest absolute Gasteiger partial charge is 0.411 e. The molecule has 0 spiro atoms. The van der Waals surface area contributed by atoms with Gasteiger partial charge in [0.2, 0.25) is 15.9 Å². The molecule has 11 heteroatoms. The first-order valence-corrected chi connectivity index (χ1v) is 11.7. The Morgan fingerprint density at radius 2 is 1.64 bits per heavy atom. The van der Waals surface area contributed by atoms with Gasteiger partial charge in [0, 0.05) is 25.6 Å². The van der Waals surface area contributed by atoms with Crippen LogP contribution in [0.15, 0.2) is 53.4 Å². The number of carbonyl (C=O) groups excluding carboxylic acids is 1. The zero-order valence-corrected chi connectivity index (χ0v) is 18.5. The number of carbonyl (C=O) groups is 1. The lowest BCUT2D eigenvalue weighted by Crippen LogP contribution is -2.43. The van der Waals surface area contributed by atoms with Gasteiger partial charge in [-0.3, -0.25) is 4.79 Å². The van der Waals surface area contributed by atoms with E-state index in [0.29, 0.717) is 18.4 Å². The minimum absolute atomic E-state index is 0.112. The smallest absolute Gasteiger partial charge is 0.367 e. The van der Waals surface area contributed by atoms with Crippen LogP contribution in [0.2, 0.25) is 0 Å². The van der Waals surface area contributed by atoms with Crippen LogP contribution in [0, 0.1) is 11.7 Å². The summed E-state index contributed by atoms with van der Waals surface area (Å²) >= 11 is 0. The lowest BCUT2D eigenvalue weighted by Gasteiger charge is -2.30. The lowest BCUT2D eigenvalue weighted by molar-refractivity contribution is -0.176. The van der Waals surface area contributed by atoms with Crippen molar-refractivity contribution in [3.63, 3.8) is 0 Å². The monoisotopic (exact) mass is 488 g/mol. The van der Waals surface area contributed by atoms with Gasteiger partial charge in [0.15, 0.2) is 0 Å². The molecule has 1 N–H and O–H groups in total. The minimum atomic E-state index is -4.37. The Morgan fingerprint density at radius 1 is 1.03 bits per heavy atom. The van der Waals surface area contributed by atoms with E-state index in [4.69, 9.17) is 0 Å². The first-order valence-electron chi connectivity index (χ1n) is 10.3. The van der Waals surface area contributed by atoms with Gasteiger partial charge in [0.1, 0.15) is 17.3 Å². The number of ether oxygens (including phenoxy) is 1. The van der Waals surface area contributed by atoms with E-state index in [1.165, 1.54) is 22.5 Å². The van der Waals surface area contributed by atoms with Crippen molar-refractivity contribution in [2.75, 3.05) is 19.7 Å². The number of nitrogens with one attached hydrogen (secondary N) is 1. The zero-order valence-electron chi connectivity index (χ0n) is 17.6. The molecule has 2 aromatic carbocycles. The maximum Gasteiger partial charge on any atom is 0.411 e. The summed E-state index contributed by atoms with van der Waals surface area (Å²) in [6, 6.07) is 11.8. The van der Waals surface area contributed by atoms with E-state index in [9.17, 15) is 30.8 Å². The number of rotatable bonds is 8. The number of hydrogen-bond acceptors (Lipinski definition) is 4. The summed E-state index contributed by atoms with van der Waals surface area (Å²) in [6.45, 7) is -1.02. The Hall–Kier alpha value is -2.50. The zero-order chi connectivity index (χ0) is 24.1. The first kappa shape index (κ1) is 25.1. The maximum atomic E-state index is 13.9. The highest BCUT2D eigenvalue weighted by Crippen LogP contribution is 2.25. The number of sulfonamides is 1. The number of nitrogens with zero attached hydrogens (tertiary/aromatic N) is 1. The fourth-order valence-electron chi connectivity index (χ4n) is 3.52. The molecule has 6 nitrogen and oxygen atoms in total. The van der Waals surface area contributed by atoms with E-state index in [-0.39, 0.29) is 43.0 Å². The minimum Gasteiger partial charge on any atom is -0.367 e. The van der Waals surface area contributed by atoms with Crippen molar-refractivity contribution in [1.29, 1.82) is 0 Å². The summed E-state index contributed by atoms with van der Waals surface area (Å²) in [5, 5.41) is 2.80. The average Bonchev–Trinajstić information content (AvgIpc) is 2.78. The van der Waals surface area contributed by atoms with Crippen LogP contribution in [0.1, 0.15) is 24.0 Å². The first-order chi connectivity index (χ1) is 15.6. The fraction of sp³-hybridized carbons (Fsp3) is 0.409. The molecule has 1 saturated heterocycles. The van der Waals surface area contributed by atoms with Crippen molar-refractivity contribution in [3.8, 4) is 0 Å². The van der Waals surface area contributed by atoms with Gasteiger partial charge in [-0.1, -0.05) is 36.4 Å². The molecular formula is C22H24F4N2O4S. The van der Waals surface area contributed by atoms with E-state index in [1.807, 2.05) is 0 Å². The highest BCUT2D eigenvalue weighted by molar-refractivity contribution is 7.89. The number of halogens is 4. The Kier molecular flexibility index (Phi) is 8.09. The Balaban J connectivity index is 1.45. The van der Waals surface area contributed by atoms with E-state index in [1.54, 1.807) is 24.3 Å². The molecule has 0 atom stereocenters. The van der Waals surface area contributed by atoms with Crippen LogP contribution < -0.4 is 5.32 Å². The molecule has 0 aliphatic carbocycles. The molecule has 1 heterocycles. The molecule has 3 rings (SSSR count). The van der Waals surface area contributed by atoms with Gasteiger partial charge in [-0.15, -0.1) is 0 Å². The fourth-order valence-corrected chi connectivity index (χ4v) is 5.06. The SMILES string of the molecule is O=C(NCc1ccc(COCC(F)(F)F)cc1)C1CCN(S(=O)(=O)c2ccccc2F)CC1. The second kappa shape index (κ2) is 10.6. The number of amides is 1.